The Morgan fingerprint density at radius 3 is 2.88 bits per heavy atom. The fourth-order valence-corrected chi connectivity index (χ4v) is 3.07. The van der Waals surface area contributed by atoms with Gasteiger partial charge in [-0.15, -0.1) is 10.2 Å². The second kappa shape index (κ2) is 7.20. The van der Waals surface area contributed by atoms with Crippen LogP contribution in [0.15, 0.2) is 40.1 Å². The Bertz CT molecular complexity index is 921. The normalized spacial score (nSPS) is 10.8. The molecule has 9 heteroatoms. The monoisotopic (exact) mass is 377 g/mol. The van der Waals surface area contributed by atoms with Gasteiger partial charge >= 0.3 is 0 Å². The number of thioether (sulfide) groups is 1. The van der Waals surface area contributed by atoms with E-state index in [0.717, 1.165) is 11.1 Å². The van der Waals surface area contributed by atoms with Crippen LogP contribution >= 0.6 is 23.4 Å². The molecular formula is C16H16ClN5O2S. The number of nitrogens with zero attached hydrogens (tertiary/aromatic N) is 3. The number of anilines is 1. The Hall–Kier alpha value is -2.45. The van der Waals surface area contributed by atoms with Gasteiger partial charge in [-0.2, -0.15) is 0 Å². The summed E-state index contributed by atoms with van der Waals surface area (Å²) in [6, 6.07) is 7.13. The number of aryl methyl sites for hydroxylation is 1. The third kappa shape index (κ3) is 3.64. The number of amides is 1. The molecule has 130 valence electrons. The average molecular weight is 378 g/mol. The predicted octanol–water partition coefficient (Wildman–Crippen LogP) is 3.25. The first-order valence-corrected chi connectivity index (χ1v) is 8.76. The average Bonchev–Trinajstić information content (AvgIpc) is 3.15. The number of furan rings is 1. The van der Waals surface area contributed by atoms with Crippen molar-refractivity contribution >= 4 is 35.0 Å². The molecule has 0 bridgehead atoms. The lowest BCUT2D eigenvalue weighted by molar-refractivity contribution is -0.113. The molecule has 1 aromatic carbocycles. The Morgan fingerprint density at radius 1 is 1.36 bits per heavy atom. The zero-order valence-electron chi connectivity index (χ0n) is 13.6. The van der Waals surface area contributed by atoms with Gasteiger partial charge in [0.2, 0.25) is 11.1 Å². The number of halogens is 1. The van der Waals surface area contributed by atoms with Crippen molar-refractivity contribution in [3.05, 3.63) is 46.9 Å². The Labute approximate surface area is 153 Å². The minimum absolute atomic E-state index is 0.144. The van der Waals surface area contributed by atoms with E-state index in [1.54, 1.807) is 30.5 Å². The van der Waals surface area contributed by atoms with Crippen LogP contribution in [0.2, 0.25) is 5.02 Å². The van der Waals surface area contributed by atoms with Crippen molar-refractivity contribution in [2.45, 2.75) is 19.0 Å². The summed E-state index contributed by atoms with van der Waals surface area (Å²) >= 11 is 7.25. The maximum absolute atomic E-state index is 12.2. The molecule has 2 heterocycles. The van der Waals surface area contributed by atoms with Gasteiger partial charge in [-0.25, -0.2) is 4.68 Å². The van der Waals surface area contributed by atoms with E-state index in [0.29, 0.717) is 27.5 Å². The summed E-state index contributed by atoms with van der Waals surface area (Å²) in [6.07, 6.45) is 1.56. The van der Waals surface area contributed by atoms with E-state index in [9.17, 15) is 4.79 Å². The van der Waals surface area contributed by atoms with E-state index in [-0.39, 0.29) is 11.7 Å². The number of nitrogens with one attached hydrogen (secondary N) is 1. The maximum atomic E-state index is 12.2. The van der Waals surface area contributed by atoms with Crippen molar-refractivity contribution in [1.82, 2.24) is 14.9 Å². The summed E-state index contributed by atoms with van der Waals surface area (Å²) in [5.41, 5.74) is 2.27. The van der Waals surface area contributed by atoms with Crippen molar-refractivity contribution in [2.24, 2.45) is 0 Å². The highest BCUT2D eigenvalue weighted by Crippen LogP contribution is 2.26. The van der Waals surface area contributed by atoms with Gasteiger partial charge in [-0.3, -0.25) is 4.79 Å². The zero-order valence-corrected chi connectivity index (χ0v) is 15.2. The number of hydrogen-bond donors (Lipinski definition) is 2. The maximum Gasteiger partial charge on any atom is 0.234 e. The Balaban J connectivity index is 1.66. The number of carbonyl (C=O) groups is 1. The summed E-state index contributed by atoms with van der Waals surface area (Å²) in [4.78, 5) is 12.2. The van der Waals surface area contributed by atoms with Crippen LogP contribution in [0.3, 0.4) is 0 Å². The molecule has 0 radical (unpaired) electrons. The van der Waals surface area contributed by atoms with Crippen LogP contribution in [-0.2, 0) is 4.79 Å². The van der Waals surface area contributed by atoms with Crippen LogP contribution in [-0.4, -0.2) is 26.5 Å². The van der Waals surface area contributed by atoms with Gasteiger partial charge < -0.3 is 15.6 Å². The van der Waals surface area contributed by atoms with Gasteiger partial charge in [0.1, 0.15) is 5.76 Å². The fourth-order valence-electron chi connectivity index (χ4n) is 2.24. The Kier molecular flexibility index (Phi) is 5.00. The topological polar surface area (TPSA) is 99.0 Å². The summed E-state index contributed by atoms with van der Waals surface area (Å²) in [5, 5.41) is 12.0. The van der Waals surface area contributed by atoms with E-state index in [2.05, 4.69) is 15.5 Å². The van der Waals surface area contributed by atoms with Crippen LogP contribution in [0.5, 0.6) is 0 Å². The van der Waals surface area contributed by atoms with Crippen molar-refractivity contribution in [3.8, 4) is 11.4 Å². The summed E-state index contributed by atoms with van der Waals surface area (Å²) < 4.78 is 6.60. The second-order valence-electron chi connectivity index (χ2n) is 5.32. The van der Waals surface area contributed by atoms with Crippen molar-refractivity contribution in [3.63, 3.8) is 0 Å². The van der Waals surface area contributed by atoms with E-state index >= 15 is 0 Å². The number of rotatable bonds is 5. The van der Waals surface area contributed by atoms with E-state index < -0.39 is 0 Å². The lowest BCUT2D eigenvalue weighted by atomic mass is 10.2. The molecule has 0 saturated carbocycles. The minimum atomic E-state index is -0.181. The molecule has 1 amide bonds. The molecule has 0 aliphatic heterocycles. The molecule has 2 aromatic heterocycles. The molecule has 0 atom stereocenters. The van der Waals surface area contributed by atoms with Crippen LogP contribution < -0.4 is 11.2 Å². The molecule has 0 aliphatic rings. The van der Waals surface area contributed by atoms with Crippen LogP contribution in [0.1, 0.15) is 11.3 Å². The number of hydrogen-bond acceptors (Lipinski definition) is 6. The van der Waals surface area contributed by atoms with Crippen molar-refractivity contribution in [2.75, 3.05) is 16.9 Å². The third-order valence-corrected chi connectivity index (χ3v) is 4.99. The molecule has 3 rings (SSSR count). The smallest absolute Gasteiger partial charge is 0.234 e. The molecule has 3 aromatic rings. The first-order valence-electron chi connectivity index (χ1n) is 7.40. The van der Waals surface area contributed by atoms with Gasteiger partial charge in [0.05, 0.1) is 17.6 Å². The van der Waals surface area contributed by atoms with Gasteiger partial charge in [-0.05, 0) is 37.6 Å². The van der Waals surface area contributed by atoms with Gasteiger partial charge in [0.25, 0.3) is 0 Å². The molecule has 25 heavy (non-hydrogen) atoms. The SMILES string of the molecule is Cc1occc1-c1nnc(SCC(=O)Nc2cccc(Cl)c2C)n1N. The van der Waals surface area contributed by atoms with E-state index in [4.69, 9.17) is 21.9 Å². The molecule has 0 unspecified atom stereocenters. The predicted molar refractivity (Wildman–Crippen MR) is 98.2 cm³/mol. The summed E-state index contributed by atoms with van der Waals surface area (Å²) in [5.74, 6) is 7.17. The van der Waals surface area contributed by atoms with Gasteiger partial charge in [0.15, 0.2) is 5.82 Å². The van der Waals surface area contributed by atoms with Crippen molar-refractivity contribution in [1.29, 1.82) is 0 Å². The third-order valence-electron chi connectivity index (χ3n) is 3.64. The van der Waals surface area contributed by atoms with Crippen LogP contribution in [0.25, 0.3) is 11.4 Å². The standard InChI is InChI=1S/C16H16ClN5O2S/c1-9-12(17)4-3-5-13(9)19-14(23)8-25-16-21-20-15(22(16)18)11-6-7-24-10(11)2/h3-7H,8,18H2,1-2H3,(H,19,23). The molecule has 3 N–H and O–H groups in total. The zero-order chi connectivity index (χ0) is 18.0. The molecule has 0 fully saturated rings. The number of benzene rings is 1. The first kappa shape index (κ1) is 17.4. The largest absolute Gasteiger partial charge is 0.469 e. The number of aromatic nitrogens is 3. The molecule has 0 spiro atoms. The van der Waals surface area contributed by atoms with E-state index in [1.165, 1.54) is 16.4 Å². The second-order valence-corrected chi connectivity index (χ2v) is 6.67. The lowest BCUT2D eigenvalue weighted by Crippen LogP contribution is -2.17. The fraction of sp³-hybridized carbons (Fsp3) is 0.188. The number of nitrogen functional groups attached to an aromatic ring is 1. The van der Waals surface area contributed by atoms with Crippen LogP contribution in [0, 0.1) is 13.8 Å². The summed E-state index contributed by atoms with van der Waals surface area (Å²) in [6.45, 7) is 3.67. The van der Waals surface area contributed by atoms with Crippen LogP contribution in [0.4, 0.5) is 5.69 Å². The van der Waals surface area contributed by atoms with E-state index in [1.807, 2.05) is 13.8 Å². The number of carbonyl (C=O) groups excluding carboxylic acids is 1. The summed E-state index contributed by atoms with van der Waals surface area (Å²) in [7, 11) is 0. The molecular weight excluding hydrogens is 362 g/mol. The lowest BCUT2D eigenvalue weighted by Gasteiger charge is -2.09. The minimum Gasteiger partial charge on any atom is -0.469 e. The Morgan fingerprint density at radius 2 is 2.16 bits per heavy atom. The quantitative estimate of drug-likeness (QED) is 0.523. The van der Waals surface area contributed by atoms with Crippen molar-refractivity contribution < 1.29 is 9.21 Å². The highest BCUT2D eigenvalue weighted by atomic mass is 35.5. The van der Waals surface area contributed by atoms with Gasteiger partial charge in [-0.1, -0.05) is 29.4 Å². The highest BCUT2D eigenvalue weighted by molar-refractivity contribution is 7.99. The highest BCUT2D eigenvalue weighted by Gasteiger charge is 2.17. The molecule has 0 aliphatic carbocycles. The molecule has 0 saturated heterocycles. The van der Waals surface area contributed by atoms with Gasteiger partial charge in [0, 0.05) is 10.7 Å². The number of nitrogens with two attached hydrogens (primary N) is 1. The first-order chi connectivity index (χ1) is 12.0. The molecule has 7 nitrogen and oxygen atoms in total.